The summed E-state index contributed by atoms with van der Waals surface area (Å²) in [5.74, 6) is 0.249. The van der Waals surface area contributed by atoms with E-state index < -0.39 is 0 Å². The second kappa shape index (κ2) is 5.84. The summed E-state index contributed by atoms with van der Waals surface area (Å²) in [5.41, 5.74) is 16.8. The summed E-state index contributed by atoms with van der Waals surface area (Å²) in [6.07, 6.45) is 3.01. The van der Waals surface area contributed by atoms with E-state index in [-0.39, 0.29) is 11.9 Å². The molecule has 0 spiro atoms. The van der Waals surface area contributed by atoms with E-state index in [1.807, 2.05) is 6.92 Å². The molecule has 0 saturated carbocycles. The molecule has 0 bridgehead atoms. The summed E-state index contributed by atoms with van der Waals surface area (Å²) in [5, 5.41) is 14.6. The Balaban J connectivity index is 2.39. The van der Waals surface area contributed by atoms with Crippen molar-refractivity contribution >= 4 is 17.4 Å². The van der Waals surface area contributed by atoms with Gasteiger partial charge in [-0.25, -0.2) is 4.98 Å². The highest BCUT2D eigenvalue weighted by atomic mass is 35.5. The Labute approximate surface area is 140 Å². The van der Waals surface area contributed by atoms with Gasteiger partial charge >= 0.3 is 0 Å². The second-order valence-electron chi connectivity index (χ2n) is 5.88. The highest BCUT2D eigenvalue weighted by Crippen LogP contribution is 2.40. The van der Waals surface area contributed by atoms with Crippen molar-refractivity contribution < 1.29 is 0 Å². The molecule has 120 valence electrons. The number of hydrogen-bond donors (Lipinski definition) is 2. The minimum Gasteiger partial charge on any atom is -0.383 e. The van der Waals surface area contributed by atoms with Crippen LogP contribution in [0.3, 0.4) is 0 Å². The molecule has 2 aromatic heterocycles. The number of pyridine rings is 1. The molecule has 2 heterocycles. The maximum Gasteiger partial charge on any atom is 0.142 e. The van der Waals surface area contributed by atoms with Gasteiger partial charge in [0.05, 0.1) is 5.69 Å². The molecular weight excluding hydrogens is 312 g/mol. The Morgan fingerprint density at radius 1 is 1.43 bits per heavy atom. The van der Waals surface area contributed by atoms with E-state index in [4.69, 9.17) is 23.1 Å². The first kappa shape index (κ1) is 15.8. The molecule has 0 unspecified atom stereocenters. The molecule has 4 N–H and O–H groups in total. The van der Waals surface area contributed by atoms with Gasteiger partial charge in [-0.1, -0.05) is 18.5 Å². The molecule has 1 aliphatic rings. The third-order valence-corrected chi connectivity index (χ3v) is 4.81. The van der Waals surface area contributed by atoms with Gasteiger partial charge in [-0.15, -0.1) is 0 Å². The van der Waals surface area contributed by atoms with Crippen molar-refractivity contribution in [3.8, 4) is 17.2 Å². The topological polar surface area (TPSA) is 107 Å². The lowest BCUT2D eigenvalue weighted by molar-refractivity contribution is 0.568. The first-order chi connectivity index (χ1) is 11.0. The van der Waals surface area contributed by atoms with Crippen LogP contribution in [0, 0.1) is 11.3 Å². The number of aryl methyl sites for hydroxylation is 3. The monoisotopic (exact) mass is 330 g/mol. The Kier molecular flexibility index (Phi) is 4.00. The van der Waals surface area contributed by atoms with Crippen LogP contribution >= 0.6 is 11.6 Å². The third-order valence-electron chi connectivity index (χ3n) is 4.38. The van der Waals surface area contributed by atoms with Crippen molar-refractivity contribution in [2.45, 2.75) is 38.6 Å². The van der Waals surface area contributed by atoms with Gasteiger partial charge in [-0.05, 0) is 31.2 Å². The number of hydrogen-bond acceptors (Lipinski definition) is 5. The zero-order valence-electron chi connectivity index (χ0n) is 13.2. The molecule has 0 fully saturated rings. The van der Waals surface area contributed by atoms with Crippen LogP contribution in [0.1, 0.15) is 35.9 Å². The molecule has 6 nitrogen and oxygen atoms in total. The highest BCUT2D eigenvalue weighted by molar-refractivity contribution is 6.32. The van der Waals surface area contributed by atoms with E-state index in [0.717, 1.165) is 40.9 Å². The lowest BCUT2D eigenvalue weighted by atomic mass is 9.84. The Morgan fingerprint density at radius 2 is 2.17 bits per heavy atom. The fourth-order valence-electron chi connectivity index (χ4n) is 3.24. The van der Waals surface area contributed by atoms with E-state index in [2.05, 4.69) is 16.2 Å². The van der Waals surface area contributed by atoms with Gasteiger partial charge < -0.3 is 11.5 Å². The summed E-state index contributed by atoms with van der Waals surface area (Å²) in [6.45, 7) is 2.01. The van der Waals surface area contributed by atoms with Gasteiger partial charge in [0.25, 0.3) is 0 Å². The van der Waals surface area contributed by atoms with Gasteiger partial charge in [0, 0.05) is 29.9 Å². The Bertz CT molecular complexity index is 817. The van der Waals surface area contributed by atoms with Crippen molar-refractivity contribution in [3.05, 3.63) is 27.7 Å². The van der Waals surface area contributed by atoms with Gasteiger partial charge in [0.15, 0.2) is 0 Å². The molecule has 1 aliphatic carbocycles. The van der Waals surface area contributed by atoms with E-state index >= 15 is 0 Å². The molecule has 0 amide bonds. The minimum absolute atomic E-state index is 0.0544. The largest absolute Gasteiger partial charge is 0.383 e. The molecule has 0 radical (unpaired) electrons. The molecule has 0 aliphatic heterocycles. The van der Waals surface area contributed by atoms with Crippen molar-refractivity contribution in [3.63, 3.8) is 0 Å². The number of rotatable bonds is 2. The molecule has 0 aromatic carbocycles. The number of aromatic nitrogens is 3. The first-order valence-corrected chi connectivity index (χ1v) is 8.04. The standard InChI is InChI=1S/C16H19ClN6/c1-3-11-14(15(17)23(2)22-11)13-9-6-8(19)4-5-12(9)21-16(20)10(13)7-18/h8H,3-6,19H2,1-2H3,(H2,20,21)/t8-/m0/s1. The third kappa shape index (κ3) is 2.46. The lowest BCUT2D eigenvalue weighted by Crippen LogP contribution is -2.29. The van der Waals surface area contributed by atoms with Crippen molar-refractivity contribution in [2.75, 3.05) is 5.73 Å². The van der Waals surface area contributed by atoms with Crippen LogP contribution in [0.2, 0.25) is 5.15 Å². The van der Waals surface area contributed by atoms with Gasteiger partial charge in [-0.2, -0.15) is 10.4 Å². The average Bonchev–Trinajstić information content (AvgIpc) is 2.81. The molecule has 2 aromatic rings. The van der Waals surface area contributed by atoms with Crippen LogP contribution in [0.25, 0.3) is 11.1 Å². The average molecular weight is 331 g/mol. The van der Waals surface area contributed by atoms with E-state index in [1.54, 1.807) is 11.7 Å². The van der Waals surface area contributed by atoms with Crippen molar-refractivity contribution in [1.82, 2.24) is 14.8 Å². The second-order valence-corrected chi connectivity index (χ2v) is 6.23. The fraction of sp³-hybridized carbons (Fsp3) is 0.438. The number of nitrogens with zero attached hydrogens (tertiary/aromatic N) is 4. The Morgan fingerprint density at radius 3 is 2.83 bits per heavy atom. The van der Waals surface area contributed by atoms with Gasteiger partial charge in [0.1, 0.15) is 22.6 Å². The SMILES string of the molecule is CCc1nn(C)c(Cl)c1-c1c(C#N)c(N)nc2c1C[C@@H](N)CC2. The van der Waals surface area contributed by atoms with Crippen LogP contribution in [-0.2, 0) is 26.3 Å². The number of nitrogen functional groups attached to an aromatic ring is 1. The van der Waals surface area contributed by atoms with Crippen LogP contribution < -0.4 is 11.5 Å². The molecule has 23 heavy (non-hydrogen) atoms. The highest BCUT2D eigenvalue weighted by Gasteiger charge is 2.28. The van der Waals surface area contributed by atoms with Crippen LogP contribution in [-0.4, -0.2) is 20.8 Å². The number of halogens is 1. The van der Waals surface area contributed by atoms with E-state index in [0.29, 0.717) is 23.6 Å². The van der Waals surface area contributed by atoms with E-state index in [1.165, 1.54) is 0 Å². The number of nitrogens with two attached hydrogens (primary N) is 2. The van der Waals surface area contributed by atoms with Gasteiger partial charge in [-0.3, -0.25) is 4.68 Å². The van der Waals surface area contributed by atoms with Gasteiger partial charge in [0.2, 0.25) is 0 Å². The first-order valence-electron chi connectivity index (χ1n) is 7.66. The number of anilines is 1. The summed E-state index contributed by atoms with van der Waals surface area (Å²) < 4.78 is 1.63. The van der Waals surface area contributed by atoms with Crippen LogP contribution in [0.4, 0.5) is 5.82 Å². The molecule has 7 heteroatoms. The minimum atomic E-state index is 0.0544. The smallest absolute Gasteiger partial charge is 0.142 e. The normalized spacial score (nSPS) is 16.9. The van der Waals surface area contributed by atoms with Crippen LogP contribution in [0.15, 0.2) is 0 Å². The lowest BCUT2D eigenvalue weighted by Gasteiger charge is -2.25. The maximum atomic E-state index is 9.62. The number of fused-ring (bicyclic) bond motifs is 1. The summed E-state index contributed by atoms with van der Waals surface area (Å²) in [4.78, 5) is 4.43. The Hall–Kier alpha value is -2.10. The quantitative estimate of drug-likeness (QED) is 0.875. The zero-order chi connectivity index (χ0) is 16.7. The molecule has 1 atom stereocenters. The molecule has 3 rings (SSSR count). The van der Waals surface area contributed by atoms with Crippen molar-refractivity contribution in [2.24, 2.45) is 12.8 Å². The van der Waals surface area contributed by atoms with Crippen molar-refractivity contribution in [1.29, 1.82) is 5.26 Å². The molecular formula is C16H19ClN6. The maximum absolute atomic E-state index is 9.62. The predicted octanol–water partition coefficient (Wildman–Crippen LogP) is 1.97. The number of nitriles is 1. The summed E-state index contributed by atoms with van der Waals surface area (Å²) in [6, 6.07) is 2.25. The summed E-state index contributed by atoms with van der Waals surface area (Å²) >= 11 is 6.49. The fourth-order valence-corrected chi connectivity index (χ4v) is 3.49. The van der Waals surface area contributed by atoms with Crippen LogP contribution in [0.5, 0.6) is 0 Å². The molecule has 0 saturated heterocycles. The van der Waals surface area contributed by atoms with E-state index in [9.17, 15) is 5.26 Å². The predicted molar refractivity (Wildman–Crippen MR) is 90.0 cm³/mol. The zero-order valence-corrected chi connectivity index (χ0v) is 14.0. The summed E-state index contributed by atoms with van der Waals surface area (Å²) in [7, 11) is 1.79.